The Balaban J connectivity index is 1.16. The third-order valence-electron chi connectivity index (χ3n) is 6.23. The van der Waals surface area contributed by atoms with E-state index >= 15 is 0 Å². The van der Waals surface area contributed by atoms with E-state index in [0.29, 0.717) is 17.3 Å². The molecule has 0 atom stereocenters. The molecule has 1 aliphatic heterocycles. The number of rotatable bonds is 6. The molecule has 0 bridgehead atoms. The minimum atomic E-state index is -0.0548. The molecule has 1 N–H and O–H groups in total. The van der Waals surface area contributed by atoms with Crippen molar-refractivity contribution in [2.45, 2.75) is 32.4 Å². The summed E-state index contributed by atoms with van der Waals surface area (Å²) in [7, 11) is 0. The van der Waals surface area contributed by atoms with Crippen LogP contribution in [0.1, 0.15) is 34.5 Å². The van der Waals surface area contributed by atoms with Crippen LogP contribution < -0.4 is 5.32 Å². The Bertz CT molecular complexity index is 1250. The first-order chi connectivity index (χ1) is 16.7. The molecule has 2 aromatic heterocycles. The molecule has 1 amide bonds. The molecule has 1 fully saturated rings. The van der Waals surface area contributed by atoms with Crippen molar-refractivity contribution in [2.75, 3.05) is 13.1 Å². The molecule has 1 saturated heterocycles. The summed E-state index contributed by atoms with van der Waals surface area (Å²) in [4.78, 5) is 19.6. The zero-order valence-electron chi connectivity index (χ0n) is 19.1. The van der Waals surface area contributed by atoms with Crippen LogP contribution >= 0.6 is 0 Å². The van der Waals surface area contributed by atoms with Crippen LogP contribution in [-0.4, -0.2) is 45.1 Å². The SMILES string of the molecule is Cc1ccccc1-c1nnc(-c2ccc(C(=O)NC3CCN(Cc4ccccn4)CC3)cc2)o1. The van der Waals surface area contributed by atoms with Gasteiger partial charge < -0.3 is 9.73 Å². The highest BCUT2D eigenvalue weighted by Gasteiger charge is 2.21. The average molecular weight is 454 g/mol. The van der Waals surface area contributed by atoms with Gasteiger partial charge in [-0.3, -0.25) is 14.7 Å². The van der Waals surface area contributed by atoms with E-state index < -0.39 is 0 Å². The summed E-state index contributed by atoms with van der Waals surface area (Å²) < 4.78 is 5.88. The number of hydrogen-bond donors (Lipinski definition) is 1. The molecule has 7 heteroatoms. The standard InChI is InChI=1S/C27H27N5O2/c1-19-6-2-3-8-24(19)27-31-30-26(34-27)21-11-9-20(10-12-21)25(33)29-22-13-16-32(17-14-22)18-23-7-4-5-15-28-23/h2-12,15,22H,13-14,16-18H2,1H3,(H,29,33). The molecular formula is C27H27N5O2. The quantitative estimate of drug-likeness (QED) is 0.463. The first-order valence-electron chi connectivity index (χ1n) is 11.6. The highest BCUT2D eigenvalue weighted by molar-refractivity contribution is 5.94. The number of carbonyl (C=O) groups is 1. The fourth-order valence-corrected chi connectivity index (χ4v) is 4.25. The molecule has 3 heterocycles. The van der Waals surface area contributed by atoms with Gasteiger partial charge in [-0.25, -0.2) is 0 Å². The van der Waals surface area contributed by atoms with Crippen molar-refractivity contribution in [1.82, 2.24) is 25.4 Å². The first kappa shape index (κ1) is 22.0. The summed E-state index contributed by atoms with van der Waals surface area (Å²) in [5.41, 5.74) is 4.48. The van der Waals surface area contributed by atoms with Gasteiger partial charge in [0.1, 0.15) is 0 Å². The van der Waals surface area contributed by atoms with E-state index in [1.165, 1.54) is 0 Å². The number of pyridine rings is 1. The number of aromatic nitrogens is 3. The third-order valence-corrected chi connectivity index (χ3v) is 6.23. The normalized spacial score (nSPS) is 14.7. The minimum absolute atomic E-state index is 0.0548. The molecule has 34 heavy (non-hydrogen) atoms. The summed E-state index contributed by atoms with van der Waals surface area (Å²) in [6.45, 7) is 4.75. The predicted molar refractivity (Wildman–Crippen MR) is 130 cm³/mol. The molecule has 0 radical (unpaired) electrons. The van der Waals surface area contributed by atoms with E-state index in [0.717, 1.165) is 54.9 Å². The van der Waals surface area contributed by atoms with Gasteiger partial charge in [-0.1, -0.05) is 24.3 Å². The van der Waals surface area contributed by atoms with Gasteiger partial charge >= 0.3 is 0 Å². The summed E-state index contributed by atoms with van der Waals surface area (Å²) >= 11 is 0. The Hall–Kier alpha value is -3.84. The number of hydrogen-bond acceptors (Lipinski definition) is 6. The molecule has 0 spiro atoms. The Morgan fingerprint density at radius 3 is 2.44 bits per heavy atom. The zero-order chi connectivity index (χ0) is 23.3. The third kappa shape index (κ3) is 5.05. The monoisotopic (exact) mass is 453 g/mol. The number of aryl methyl sites for hydroxylation is 1. The van der Waals surface area contributed by atoms with Crippen LogP contribution in [0.2, 0.25) is 0 Å². The molecule has 5 rings (SSSR count). The molecule has 0 unspecified atom stereocenters. The largest absolute Gasteiger partial charge is 0.416 e. The Morgan fingerprint density at radius 1 is 0.971 bits per heavy atom. The number of benzene rings is 2. The van der Waals surface area contributed by atoms with Crippen molar-refractivity contribution < 1.29 is 9.21 Å². The molecule has 4 aromatic rings. The number of nitrogens with one attached hydrogen (secondary N) is 1. The lowest BCUT2D eigenvalue weighted by atomic mass is 10.0. The second kappa shape index (κ2) is 9.97. The van der Waals surface area contributed by atoms with Gasteiger partial charge in [0, 0.05) is 48.6 Å². The van der Waals surface area contributed by atoms with Crippen LogP contribution in [0.5, 0.6) is 0 Å². The van der Waals surface area contributed by atoms with Gasteiger partial charge in [-0.15, -0.1) is 10.2 Å². The van der Waals surface area contributed by atoms with Crippen molar-refractivity contribution in [1.29, 1.82) is 0 Å². The maximum Gasteiger partial charge on any atom is 0.251 e. The lowest BCUT2D eigenvalue weighted by molar-refractivity contribution is 0.0908. The Kier molecular flexibility index (Phi) is 6.44. The molecule has 7 nitrogen and oxygen atoms in total. The second-order valence-corrected chi connectivity index (χ2v) is 8.65. The predicted octanol–water partition coefficient (Wildman–Crippen LogP) is 4.50. The molecule has 172 valence electrons. The zero-order valence-corrected chi connectivity index (χ0v) is 19.1. The van der Waals surface area contributed by atoms with E-state index in [4.69, 9.17) is 4.42 Å². The maximum absolute atomic E-state index is 12.8. The van der Waals surface area contributed by atoms with Gasteiger partial charge in [0.05, 0.1) is 5.69 Å². The van der Waals surface area contributed by atoms with E-state index in [2.05, 4.69) is 31.5 Å². The van der Waals surface area contributed by atoms with E-state index in [9.17, 15) is 4.79 Å². The number of likely N-dealkylation sites (tertiary alicyclic amines) is 1. The molecule has 0 aliphatic carbocycles. The smallest absolute Gasteiger partial charge is 0.251 e. The number of amides is 1. The van der Waals surface area contributed by atoms with E-state index in [-0.39, 0.29) is 11.9 Å². The van der Waals surface area contributed by atoms with E-state index in [1.54, 1.807) is 12.1 Å². The first-order valence-corrected chi connectivity index (χ1v) is 11.6. The second-order valence-electron chi connectivity index (χ2n) is 8.65. The fourth-order valence-electron chi connectivity index (χ4n) is 4.25. The van der Waals surface area contributed by atoms with Crippen molar-refractivity contribution in [3.8, 4) is 22.9 Å². The molecule has 2 aromatic carbocycles. The number of nitrogens with zero attached hydrogens (tertiary/aromatic N) is 4. The Morgan fingerprint density at radius 2 is 1.71 bits per heavy atom. The van der Waals surface area contributed by atoms with Crippen LogP contribution in [0.15, 0.2) is 77.3 Å². The van der Waals surface area contributed by atoms with Crippen LogP contribution in [0.3, 0.4) is 0 Å². The van der Waals surface area contributed by atoms with Crippen molar-refractivity contribution >= 4 is 5.91 Å². The lowest BCUT2D eigenvalue weighted by Gasteiger charge is -2.32. The lowest BCUT2D eigenvalue weighted by Crippen LogP contribution is -2.44. The van der Waals surface area contributed by atoms with Gasteiger partial charge in [0.15, 0.2) is 0 Å². The van der Waals surface area contributed by atoms with Crippen molar-refractivity contribution in [2.24, 2.45) is 0 Å². The molecule has 0 saturated carbocycles. The maximum atomic E-state index is 12.8. The summed E-state index contributed by atoms with van der Waals surface area (Å²) in [6.07, 6.45) is 3.69. The molecular weight excluding hydrogens is 426 g/mol. The van der Waals surface area contributed by atoms with Crippen LogP contribution in [-0.2, 0) is 6.54 Å². The van der Waals surface area contributed by atoms with Crippen molar-refractivity contribution in [3.63, 3.8) is 0 Å². The number of piperidine rings is 1. The average Bonchev–Trinajstić information content (AvgIpc) is 3.36. The fraction of sp³-hybridized carbons (Fsp3) is 0.259. The van der Waals surface area contributed by atoms with Gasteiger partial charge in [0.2, 0.25) is 11.8 Å². The van der Waals surface area contributed by atoms with Crippen molar-refractivity contribution in [3.05, 3.63) is 89.7 Å². The summed E-state index contributed by atoms with van der Waals surface area (Å²) in [5.74, 6) is 0.871. The molecule has 1 aliphatic rings. The Labute approximate surface area is 198 Å². The van der Waals surface area contributed by atoms with E-state index in [1.807, 2.05) is 61.7 Å². The van der Waals surface area contributed by atoms with Crippen LogP contribution in [0, 0.1) is 6.92 Å². The summed E-state index contributed by atoms with van der Waals surface area (Å²) in [6, 6.07) is 21.4. The van der Waals surface area contributed by atoms with Gasteiger partial charge in [-0.2, -0.15) is 0 Å². The minimum Gasteiger partial charge on any atom is -0.416 e. The number of carbonyl (C=O) groups excluding carboxylic acids is 1. The highest BCUT2D eigenvalue weighted by Crippen LogP contribution is 2.26. The highest BCUT2D eigenvalue weighted by atomic mass is 16.4. The topological polar surface area (TPSA) is 84.2 Å². The summed E-state index contributed by atoms with van der Waals surface area (Å²) in [5, 5.41) is 11.5. The van der Waals surface area contributed by atoms with Crippen LogP contribution in [0.25, 0.3) is 22.9 Å². The van der Waals surface area contributed by atoms with Gasteiger partial charge in [-0.05, 0) is 67.8 Å². The van der Waals surface area contributed by atoms with Crippen LogP contribution in [0.4, 0.5) is 0 Å². The van der Waals surface area contributed by atoms with Gasteiger partial charge in [0.25, 0.3) is 5.91 Å².